The number of rotatable bonds is 8. The van der Waals surface area contributed by atoms with Crippen LogP contribution in [0.3, 0.4) is 0 Å². The minimum atomic E-state index is -1.03. The van der Waals surface area contributed by atoms with Crippen molar-refractivity contribution in [3.63, 3.8) is 0 Å². The van der Waals surface area contributed by atoms with Gasteiger partial charge in [-0.2, -0.15) is 0 Å². The van der Waals surface area contributed by atoms with Crippen LogP contribution in [0, 0.1) is 0 Å². The minimum Gasteiger partial charge on any atom is -0.493 e. The van der Waals surface area contributed by atoms with Crippen molar-refractivity contribution >= 4 is 29.4 Å². The molecule has 1 unspecified atom stereocenters. The third-order valence-corrected chi connectivity index (χ3v) is 4.98. The standard InChI is InChI=1S/C23H25N3O7/c1-14(22(29)24-13-15-4-9-18(31-2)19(12-15)32-3)33-23(30)16-5-7-17(8-6-16)26-21(28)11-10-20(27)25-26/h4-9,12,14H,10-11,13H2,1-3H3,(H,24,29)(H,25,27). The summed E-state index contributed by atoms with van der Waals surface area (Å²) in [6, 6.07) is 11.2. The number of amides is 3. The highest BCUT2D eigenvalue weighted by Gasteiger charge is 2.25. The average molecular weight is 455 g/mol. The molecule has 1 aliphatic heterocycles. The second kappa shape index (κ2) is 10.5. The van der Waals surface area contributed by atoms with Crippen molar-refractivity contribution in [1.82, 2.24) is 10.7 Å². The van der Waals surface area contributed by atoms with E-state index in [0.29, 0.717) is 17.2 Å². The number of carbonyl (C=O) groups excluding carboxylic acids is 4. The largest absolute Gasteiger partial charge is 0.493 e. The number of esters is 1. The van der Waals surface area contributed by atoms with Crippen molar-refractivity contribution in [2.24, 2.45) is 0 Å². The predicted molar refractivity (Wildman–Crippen MR) is 118 cm³/mol. The Labute approximate surface area is 190 Å². The van der Waals surface area contributed by atoms with E-state index in [9.17, 15) is 19.2 Å². The molecule has 0 spiro atoms. The smallest absolute Gasteiger partial charge is 0.338 e. The first-order chi connectivity index (χ1) is 15.8. The lowest BCUT2D eigenvalue weighted by Crippen LogP contribution is -2.50. The van der Waals surface area contributed by atoms with Gasteiger partial charge < -0.3 is 19.5 Å². The van der Waals surface area contributed by atoms with Crippen LogP contribution in [0.1, 0.15) is 35.7 Å². The van der Waals surface area contributed by atoms with E-state index in [2.05, 4.69) is 10.7 Å². The number of methoxy groups -OCH3 is 2. The second-order valence-corrected chi connectivity index (χ2v) is 7.27. The van der Waals surface area contributed by atoms with Crippen LogP contribution in [0.4, 0.5) is 5.69 Å². The molecule has 1 fully saturated rings. The molecule has 0 saturated carbocycles. The first-order valence-corrected chi connectivity index (χ1v) is 10.2. The summed E-state index contributed by atoms with van der Waals surface area (Å²) in [5.74, 6) is -0.540. The van der Waals surface area contributed by atoms with Gasteiger partial charge in [-0.05, 0) is 48.9 Å². The molecule has 0 radical (unpaired) electrons. The van der Waals surface area contributed by atoms with E-state index >= 15 is 0 Å². The van der Waals surface area contributed by atoms with Gasteiger partial charge in [-0.3, -0.25) is 19.8 Å². The van der Waals surface area contributed by atoms with Gasteiger partial charge in [-0.15, -0.1) is 0 Å². The lowest BCUT2D eigenvalue weighted by atomic mass is 10.1. The van der Waals surface area contributed by atoms with Gasteiger partial charge in [0, 0.05) is 19.4 Å². The Morgan fingerprint density at radius 2 is 1.73 bits per heavy atom. The summed E-state index contributed by atoms with van der Waals surface area (Å²) in [6.45, 7) is 1.68. The monoisotopic (exact) mass is 455 g/mol. The molecule has 0 bridgehead atoms. The summed E-state index contributed by atoms with van der Waals surface area (Å²) in [4.78, 5) is 48.3. The number of nitrogens with zero attached hydrogens (tertiary/aromatic N) is 1. The molecule has 0 aliphatic carbocycles. The highest BCUT2D eigenvalue weighted by molar-refractivity contribution is 6.01. The highest BCUT2D eigenvalue weighted by Crippen LogP contribution is 2.27. The Hall–Kier alpha value is -4.08. The number of hydrazine groups is 1. The van der Waals surface area contributed by atoms with Gasteiger partial charge in [-0.25, -0.2) is 9.80 Å². The number of carbonyl (C=O) groups is 4. The van der Waals surface area contributed by atoms with E-state index in [4.69, 9.17) is 14.2 Å². The van der Waals surface area contributed by atoms with E-state index in [0.717, 1.165) is 10.6 Å². The Morgan fingerprint density at radius 1 is 1.03 bits per heavy atom. The summed E-state index contributed by atoms with van der Waals surface area (Å²) in [7, 11) is 3.06. The molecule has 174 valence electrons. The first kappa shape index (κ1) is 23.6. The molecule has 33 heavy (non-hydrogen) atoms. The maximum absolute atomic E-state index is 12.4. The molecule has 2 N–H and O–H groups in total. The van der Waals surface area contributed by atoms with Crippen molar-refractivity contribution in [1.29, 1.82) is 0 Å². The molecule has 2 aromatic rings. The Morgan fingerprint density at radius 3 is 2.39 bits per heavy atom. The normalized spacial score (nSPS) is 14.2. The number of benzene rings is 2. The zero-order valence-corrected chi connectivity index (χ0v) is 18.5. The lowest BCUT2D eigenvalue weighted by molar-refractivity contribution is -0.130. The fraction of sp³-hybridized carbons (Fsp3) is 0.304. The Bertz CT molecular complexity index is 1050. The van der Waals surface area contributed by atoms with Crippen LogP contribution in [-0.2, 0) is 25.7 Å². The van der Waals surface area contributed by atoms with Crippen LogP contribution in [0.5, 0.6) is 11.5 Å². The van der Waals surface area contributed by atoms with Gasteiger partial charge in [0.15, 0.2) is 17.6 Å². The van der Waals surface area contributed by atoms with Crippen LogP contribution in [-0.4, -0.2) is 44.0 Å². The number of nitrogens with one attached hydrogen (secondary N) is 2. The van der Waals surface area contributed by atoms with Crippen molar-refractivity contribution < 1.29 is 33.4 Å². The number of hydrogen-bond acceptors (Lipinski definition) is 7. The molecule has 2 aromatic carbocycles. The summed E-state index contributed by atoms with van der Waals surface area (Å²) in [6.07, 6.45) is -0.766. The van der Waals surface area contributed by atoms with Crippen LogP contribution in [0.15, 0.2) is 42.5 Å². The molecule has 1 atom stereocenters. The third kappa shape index (κ3) is 5.79. The van der Waals surface area contributed by atoms with Crippen LogP contribution in [0.25, 0.3) is 0 Å². The fourth-order valence-corrected chi connectivity index (χ4v) is 3.14. The second-order valence-electron chi connectivity index (χ2n) is 7.27. The lowest BCUT2D eigenvalue weighted by Gasteiger charge is -2.27. The van der Waals surface area contributed by atoms with Crippen molar-refractivity contribution in [2.45, 2.75) is 32.4 Å². The molecular formula is C23H25N3O7. The number of anilines is 1. The van der Waals surface area contributed by atoms with Crippen LogP contribution >= 0.6 is 0 Å². The molecule has 10 heteroatoms. The van der Waals surface area contributed by atoms with E-state index < -0.39 is 18.0 Å². The van der Waals surface area contributed by atoms with Gasteiger partial charge in [0.05, 0.1) is 25.5 Å². The van der Waals surface area contributed by atoms with Gasteiger partial charge >= 0.3 is 5.97 Å². The quantitative estimate of drug-likeness (QED) is 0.581. The maximum atomic E-state index is 12.4. The van der Waals surface area contributed by atoms with Gasteiger partial charge in [0.1, 0.15) is 0 Å². The summed E-state index contributed by atoms with van der Waals surface area (Å²) >= 11 is 0. The summed E-state index contributed by atoms with van der Waals surface area (Å²) in [5.41, 5.74) is 3.89. The molecule has 3 rings (SSSR count). The molecule has 10 nitrogen and oxygen atoms in total. The molecule has 1 saturated heterocycles. The summed E-state index contributed by atoms with van der Waals surface area (Å²) < 4.78 is 15.7. The van der Waals surface area contributed by atoms with Crippen LogP contribution < -0.4 is 25.2 Å². The Balaban J connectivity index is 1.54. The average Bonchev–Trinajstić information content (AvgIpc) is 2.83. The van der Waals surface area contributed by atoms with Gasteiger partial charge in [0.25, 0.3) is 5.91 Å². The molecule has 1 aliphatic rings. The third-order valence-electron chi connectivity index (χ3n) is 4.98. The van der Waals surface area contributed by atoms with Crippen LogP contribution in [0.2, 0.25) is 0 Å². The molecular weight excluding hydrogens is 430 g/mol. The highest BCUT2D eigenvalue weighted by atomic mass is 16.5. The SMILES string of the molecule is COc1ccc(CNC(=O)C(C)OC(=O)c2ccc(N3NC(=O)CCC3=O)cc2)cc1OC. The van der Waals surface area contributed by atoms with Gasteiger partial charge in [0.2, 0.25) is 11.8 Å². The summed E-state index contributed by atoms with van der Waals surface area (Å²) in [5, 5.41) is 3.85. The fourth-order valence-electron chi connectivity index (χ4n) is 3.14. The maximum Gasteiger partial charge on any atom is 0.338 e. The van der Waals surface area contributed by atoms with Crippen molar-refractivity contribution in [3.8, 4) is 11.5 Å². The zero-order valence-electron chi connectivity index (χ0n) is 18.5. The van der Waals surface area contributed by atoms with Crippen molar-refractivity contribution in [2.75, 3.05) is 19.2 Å². The molecule has 1 heterocycles. The first-order valence-electron chi connectivity index (χ1n) is 10.2. The van der Waals surface area contributed by atoms with E-state index in [1.807, 2.05) is 0 Å². The zero-order chi connectivity index (χ0) is 24.0. The van der Waals surface area contributed by atoms with E-state index in [1.54, 1.807) is 18.2 Å². The minimum absolute atomic E-state index is 0.117. The molecule has 0 aromatic heterocycles. The van der Waals surface area contributed by atoms with Crippen molar-refractivity contribution in [3.05, 3.63) is 53.6 Å². The molecule has 3 amide bonds. The topological polar surface area (TPSA) is 123 Å². The number of ether oxygens (including phenoxy) is 3. The van der Waals surface area contributed by atoms with E-state index in [-0.39, 0.29) is 36.8 Å². The van der Waals surface area contributed by atoms with E-state index in [1.165, 1.54) is 45.4 Å². The predicted octanol–water partition coefficient (Wildman–Crippen LogP) is 1.72. The number of hydrogen-bond donors (Lipinski definition) is 2. The van der Waals surface area contributed by atoms with Gasteiger partial charge in [-0.1, -0.05) is 6.07 Å². The Kier molecular flexibility index (Phi) is 7.50.